The molecule has 172 valence electrons. The van der Waals surface area contributed by atoms with Crippen LogP contribution in [0.2, 0.25) is 0 Å². The minimum absolute atomic E-state index is 0.102. The molecule has 3 amide bonds. The van der Waals surface area contributed by atoms with E-state index in [1.807, 2.05) is 19.3 Å². The lowest BCUT2D eigenvalue weighted by Crippen LogP contribution is -2.39. The number of hydrogen-bond donors (Lipinski definition) is 2. The van der Waals surface area contributed by atoms with E-state index in [2.05, 4.69) is 32.6 Å². The van der Waals surface area contributed by atoms with E-state index in [4.69, 9.17) is 4.74 Å². The molecule has 1 aliphatic rings. The van der Waals surface area contributed by atoms with Gasteiger partial charge in [0.1, 0.15) is 17.3 Å². The van der Waals surface area contributed by atoms with Crippen molar-refractivity contribution in [3.05, 3.63) is 48.5 Å². The highest BCUT2D eigenvalue weighted by Crippen LogP contribution is 2.29. The number of pyridine rings is 2. The van der Waals surface area contributed by atoms with Gasteiger partial charge in [0.05, 0.1) is 17.6 Å². The largest absolute Gasteiger partial charge is 0.455 e. The number of hydrogen-bond acceptors (Lipinski definition) is 6. The van der Waals surface area contributed by atoms with Crippen LogP contribution in [-0.4, -0.2) is 31.7 Å². The van der Waals surface area contributed by atoms with Gasteiger partial charge in [0.15, 0.2) is 0 Å². The predicted molar refractivity (Wildman–Crippen MR) is 124 cm³/mol. The molecule has 0 radical (unpaired) electrons. The molecule has 0 aromatic carbocycles. The number of nitrogens with one attached hydrogen (secondary N) is 2. The number of aryl methyl sites for hydroxylation is 2. The standard InChI is InChI=1S/C24H28N6O3/c1-15-4-6-17(7-5-15)23(31)29-24(32)28-22-9-8-21(16(2)27-22)33-19-10-11-25-20(12-19)18-13-26-30(3)14-18/h8-15,17H,4-7H2,1-3H3,(H2,27,28,29,31,32)/t15-,17-. The number of aromatic nitrogens is 4. The van der Waals surface area contributed by atoms with Crippen LogP contribution in [0.25, 0.3) is 11.3 Å². The second kappa shape index (κ2) is 9.81. The van der Waals surface area contributed by atoms with Crippen LogP contribution in [0.4, 0.5) is 10.6 Å². The van der Waals surface area contributed by atoms with Gasteiger partial charge in [-0.3, -0.25) is 25.1 Å². The van der Waals surface area contributed by atoms with E-state index in [0.717, 1.165) is 36.9 Å². The van der Waals surface area contributed by atoms with Crippen LogP contribution in [0.15, 0.2) is 42.9 Å². The van der Waals surface area contributed by atoms with Crippen molar-refractivity contribution in [3.63, 3.8) is 0 Å². The monoisotopic (exact) mass is 448 g/mol. The summed E-state index contributed by atoms with van der Waals surface area (Å²) in [6, 6.07) is 6.38. The highest BCUT2D eigenvalue weighted by molar-refractivity contribution is 6.01. The lowest BCUT2D eigenvalue weighted by atomic mass is 9.82. The Bertz CT molecular complexity index is 1150. The van der Waals surface area contributed by atoms with E-state index in [0.29, 0.717) is 28.9 Å². The van der Waals surface area contributed by atoms with Crippen molar-refractivity contribution in [2.24, 2.45) is 18.9 Å². The molecular weight excluding hydrogens is 420 g/mol. The Morgan fingerprint density at radius 1 is 1.15 bits per heavy atom. The minimum atomic E-state index is -0.575. The molecule has 0 bridgehead atoms. The lowest BCUT2D eigenvalue weighted by Gasteiger charge is -2.24. The van der Waals surface area contributed by atoms with Crippen LogP contribution in [0, 0.1) is 18.8 Å². The van der Waals surface area contributed by atoms with Crippen molar-refractivity contribution in [1.29, 1.82) is 0 Å². The second-order valence-electron chi connectivity index (χ2n) is 8.56. The van der Waals surface area contributed by atoms with Gasteiger partial charge in [-0.2, -0.15) is 5.10 Å². The fourth-order valence-corrected chi connectivity index (χ4v) is 3.92. The summed E-state index contributed by atoms with van der Waals surface area (Å²) in [7, 11) is 1.85. The number of nitrogens with zero attached hydrogens (tertiary/aromatic N) is 4. The highest BCUT2D eigenvalue weighted by Gasteiger charge is 2.25. The third-order valence-corrected chi connectivity index (χ3v) is 5.86. The molecule has 0 saturated heterocycles. The summed E-state index contributed by atoms with van der Waals surface area (Å²) in [5.41, 5.74) is 2.24. The van der Waals surface area contributed by atoms with Crippen LogP contribution in [0.3, 0.4) is 0 Å². The molecule has 9 heteroatoms. The quantitative estimate of drug-likeness (QED) is 0.596. The first kappa shape index (κ1) is 22.4. The van der Waals surface area contributed by atoms with Gasteiger partial charge < -0.3 is 4.74 Å². The van der Waals surface area contributed by atoms with Crippen molar-refractivity contribution in [2.75, 3.05) is 5.32 Å². The van der Waals surface area contributed by atoms with Gasteiger partial charge >= 0.3 is 6.03 Å². The number of imide groups is 1. The van der Waals surface area contributed by atoms with E-state index >= 15 is 0 Å². The van der Waals surface area contributed by atoms with E-state index in [1.54, 1.807) is 42.2 Å². The Labute approximate surface area is 192 Å². The summed E-state index contributed by atoms with van der Waals surface area (Å²) in [4.78, 5) is 33.4. The molecule has 1 fully saturated rings. The normalized spacial score (nSPS) is 17.9. The zero-order valence-corrected chi connectivity index (χ0v) is 19.0. The third-order valence-electron chi connectivity index (χ3n) is 5.86. The molecule has 3 aromatic rings. The summed E-state index contributed by atoms with van der Waals surface area (Å²) in [6.45, 7) is 3.98. The van der Waals surface area contributed by atoms with Crippen LogP contribution in [0.1, 0.15) is 38.3 Å². The SMILES string of the molecule is Cc1nc(NC(=O)NC(=O)[C@H]2CC[C@H](C)CC2)ccc1Oc1ccnc(-c2cnn(C)c2)c1. The average Bonchev–Trinajstić information content (AvgIpc) is 3.22. The number of urea groups is 1. The van der Waals surface area contributed by atoms with Crippen molar-refractivity contribution in [1.82, 2.24) is 25.1 Å². The van der Waals surface area contributed by atoms with Crippen LogP contribution in [-0.2, 0) is 11.8 Å². The van der Waals surface area contributed by atoms with Crippen LogP contribution < -0.4 is 15.4 Å². The van der Waals surface area contributed by atoms with Crippen molar-refractivity contribution in [3.8, 4) is 22.8 Å². The number of ether oxygens (including phenoxy) is 1. The third kappa shape index (κ3) is 5.74. The van der Waals surface area contributed by atoms with Gasteiger partial charge in [0, 0.05) is 37.0 Å². The summed E-state index contributed by atoms with van der Waals surface area (Å²) in [6.07, 6.45) is 8.97. The zero-order valence-electron chi connectivity index (χ0n) is 19.0. The summed E-state index contributed by atoms with van der Waals surface area (Å²) < 4.78 is 7.69. The summed E-state index contributed by atoms with van der Waals surface area (Å²) in [5, 5.41) is 9.23. The number of carbonyl (C=O) groups excluding carboxylic acids is 2. The van der Waals surface area contributed by atoms with Crippen molar-refractivity contribution < 1.29 is 14.3 Å². The van der Waals surface area contributed by atoms with Gasteiger partial charge in [0.25, 0.3) is 0 Å². The number of carbonyl (C=O) groups is 2. The molecule has 2 N–H and O–H groups in total. The molecule has 0 unspecified atom stereocenters. The summed E-state index contributed by atoms with van der Waals surface area (Å²) >= 11 is 0. The van der Waals surface area contributed by atoms with Crippen molar-refractivity contribution in [2.45, 2.75) is 39.5 Å². The summed E-state index contributed by atoms with van der Waals surface area (Å²) in [5.74, 6) is 1.82. The van der Waals surface area contributed by atoms with E-state index in [1.165, 1.54) is 0 Å². The Morgan fingerprint density at radius 3 is 2.64 bits per heavy atom. The highest BCUT2D eigenvalue weighted by atomic mass is 16.5. The second-order valence-corrected chi connectivity index (χ2v) is 8.56. The van der Waals surface area contributed by atoms with Crippen molar-refractivity contribution >= 4 is 17.8 Å². The first-order chi connectivity index (χ1) is 15.9. The maximum absolute atomic E-state index is 12.3. The molecule has 3 heterocycles. The molecule has 9 nitrogen and oxygen atoms in total. The topological polar surface area (TPSA) is 111 Å². The molecular formula is C24H28N6O3. The fraction of sp³-hybridized carbons (Fsp3) is 0.375. The Hall–Kier alpha value is -3.75. The predicted octanol–water partition coefficient (Wildman–Crippen LogP) is 4.45. The maximum atomic E-state index is 12.3. The molecule has 1 aliphatic carbocycles. The Kier molecular flexibility index (Phi) is 6.67. The zero-order chi connectivity index (χ0) is 23.4. The number of rotatable bonds is 5. The molecule has 4 rings (SSSR count). The van der Waals surface area contributed by atoms with Gasteiger partial charge in [-0.25, -0.2) is 9.78 Å². The Morgan fingerprint density at radius 2 is 1.94 bits per heavy atom. The van der Waals surface area contributed by atoms with E-state index < -0.39 is 6.03 Å². The van der Waals surface area contributed by atoms with Gasteiger partial charge in [0.2, 0.25) is 5.91 Å². The minimum Gasteiger partial charge on any atom is -0.455 e. The number of anilines is 1. The average molecular weight is 449 g/mol. The molecule has 3 aromatic heterocycles. The molecule has 33 heavy (non-hydrogen) atoms. The first-order valence-electron chi connectivity index (χ1n) is 11.1. The maximum Gasteiger partial charge on any atom is 0.327 e. The number of amides is 3. The lowest BCUT2D eigenvalue weighted by molar-refractivity contribution is -0.124. The van der Waals surface area contributed by atoms with Gasteiger partial charge in [-0.1, -0.05) is 6.92 Å². The van der Waals surface area contributed by atoms with E-state index in [-0.39, 0.29) is 11.8 Å². The molecule has 0 spiro atoms. The van der Waals surface area contributed by atoms with Gasteiger partial charge in [-0.15, -0.1) is 0 Å². The smallest absolute Gasteiger partial charge is 0.327 e. The Balaban J connectivity index is 1.36. The fourth-order valence-electron chi connectivity index (χ4n) is 3.92. The van der Waals surface area contributed by atoms with Crippen LogP contribution >= 0.6 is 0 Å². The molecule has 0 atom stereocenters. The van der Waals surface area contributed by atoms with Crippen LogP contribution in [0.5, 0.6) is 11.5 Å². The van der Waals surface area contributed by atoms with E-state index in [9.17, 15) is 9.59 Å². The first-order valence-corrected chi connectivity index (χ1v) is 11.1. The van der Waals surface area contributed by atoms with Gasteiger partial charge in [-0.05, 0) is 56.7 Å². The molecule has 1 saturated carbocycles. The molecule has 0 aliphatic heterocycles.